The molecule has 5 nitrogen and oxygen atoms in total. The van der Waals surface area contributed by atoms with Gasteiger partial charge in [0.15, 0.2) is 0 Å². The summed E-state index contributed by atoms with van der Waals surface area (Å²) in [7, 11) is 0. The predicted octanol–water partition coefficient (Wildman–Crippen LogP) is 3.56. The van der Waals surface area contributed by atoms with Gasteiger partial charge in [-0.25, -0.2) is 0 Å². The number of fused-ring (bicyclic) bond motifs is 1. The van der Waals surface area contributed by atoms with Crippen LogP contribution in [-0.2, 0) is 5.41 Å². The minimum absolute atomic E-state index is 0.0408. The maximum atomic E-state index is 13.3. The minimum atomic E-state index is -0.297. The highest BCUT2D eigenvalue weighted by Crippen LogP contribution is 2.48. The fourth-order valence-corrected chi connectivity index (χ4v) is 4.87. The number of nitrogens with zero attached hydrogens (tertiary/aromatic N) is 3. The van der Waals surface area contributed by atoms with E-state index in [1.54, 1.807) is 17.5 Å². The third-order valence-corrected chi connectivity index (χ3v) is 6.72. The number of carbonyl (C=O) groups is 1. The summed E-state index contributed by atoms with van der Waals surface area (Å²) in [6.07, 6.45) is 3.58. The van der Waals surface area contributed by atoms with E-state index in [9.17, 15) is 10.1 Å². The van der Waals surface area contributed by atoms with Crippen molar-refractivity contribution < 1.29 is 4.79 Å². The molecule has 6 heteroatoms. The molecule has 1 N–H and O–H groups in total. The first-order valence-corrected chi connectivity index (χ1v) is 10.5. The molecule has 3 heterocycles. The van der Waals surface area contributed by atoms with Gasteiger partial charge in [-0.1, -0.05) is 24.3 Å². The Balaban J connectivity index is 1.60. The highest BCUT2D eigenvalue weighted by molar-refractivity contribution is 7.17. The Hall–Kier alpha value is -2.75. The molecule has 1 aliphatic carbocycles. The first-order chi connectivity index (χ1) is 13.7. The van der Waals surface area contributed by atoms with Crippen LogP contribution in [0.25, 0.3) is 21.3 Å². The Kier molecular flexibility index (Phi) is 4.15. The molecule has 1 aromatic carbocycles. The van der Waals surface area contributed by atoms with Gasteiger partial charge in [0.1, 0.15) is 0 Å². The number of nitriles is 1. The van der Waals surface area contributed by atoms with E-state index >= 15 is 0 Å². The summed E-state index contributed by atoms with van der Waals surface area (Å²) in [5.74, 6) is 0.0408. The lowest BCUT2D eigenvalue weighted by molar-refractivity contribution is 0.0736. The summed E-state index contributed by atoms with van der Waals surface area (Å²) in [4.78, 5) is 19.7. The number of rotatable bonds is 3. The van der Waals surface area contributed by atoms with Crippen LogP contribution in [0, 0.1) is 11.3 Å². The Bertz CT molecular complexity index is 1090. The smallest absolute Gasteiger partial charge is 0.256 e. The van der Waals surface area contributed by atoms with Gasteiger partial charge in [0, 0.05) is 37.9 Å². The van der Waals surface area contributed by atoms with Gasteiger partial charge in [-0.2, -0.15) is 5.26 Å². The number of hydrogen-bond acceptors (Lipinski definition) is 5. The number of carbonyl (C=O) groups excluding carboxylic acids is 1. The normalized spacial score (nSPS) is 18.0. The van der Waals surface area contributed by atoms with Crippen LogP contribution >= 0.6 is 11.3 Å². The number of nitrogens with one attached hydrogen (secondary N) is 1. The molecule has 0 radical (unpaired) electrons. The van der Waals surface area contributed by atoms with E-state index in [1.807, 2.05) is 28.5 Å². The van der Waals surface area contributed by atoms with Crippen LogP contribution < -0.4 is 5.32 Å². The van der Waals surface area contributed by atoms with Crippen molar-refractivity contribution in [2.45, 2.75) is 18.3 Å². The lowest BCUT2D eigenvalue weighted by Crippen LogP contribution is -2.46. The van der Waals surface area contributed by atoms with Crippen molar-refractivity contribution in [2.24, 2.45) is 0 Å². The molecule has 28 heavy (non-hydrogen) atoms. The molecule has 1 amide bonds. The Morgan fingerprint density at radius 3 is 2.61 bits per heavy atom. The van der Waals surface area contributed by atoms with Crippen molar-refractivity contribution in [1.82, 2.24) is 15.2 Å². The third-order valence-electron chi connectivity index (χ3n) is 5.80. The largest absolute Gasteiger partial charge is 0.336 e. The lowest BCUT2D eigenvalue weighted by Gasteiger charge is -2.28. The zero-order valence-electron chi connectivity index (χ0n) is 15.4. The Labute approximate surface area is 167 Å². The van der Waals surface area contributed by atoms with E-state index in [-0.39, 0.29) is 11.3 Å². The van der Waals surface area contributed by atoms with Crippen molar-refractivity contribution in [3.63, 3.8) is 0 Å². The van der Waals surface area contributed by atoms with E-state index in [0.29, 0.717) is 18.7 Å². The first-order valence-electron chi connectivity index (χ1n) is 9.60. The van der Waals surface area contributed by atoms with E-state index in [2.05, 4.69) is 28.5 Å². The topological polar surface area (TPSA) is 69.0 Å². The van der Waals surface area contributed by atoms with Crippen LogP contribution in [0.4, 0.5) is 0 Å². The maximum Gasteiger partial charge on any atom is 0.256 e. The second-order valence-corrected chi connectivity index (χ2v) is 8.41. The molecule has 1 saturated carbocycles. The fraction of sp³-hybridized carbons (Fsp3) is 0.318. The number of pyridine rings is 1. The van der Waals surface area contributed by atoms with Crippen LogP contribution in [0.5, 0.6) is 0 Å². The second-order valence-electron chi connectivity index (χ2n) is 7.50. The number of aromatic nitrogens is 1. The first kappa shape index (κ1) is 17.4. The van der Waals surface area contributed by atoms with Gasteiger partial charge < -0.3 is 10.2 Å². The number of thiophene rings is 1. The van der Waals surface area contributed by atoms with E-state index in [1.165, 1.54) is 0 Å². The molecule has 5 rings (SSSR count). The summed E-state index contributed by atoms with van der Waals surface area (Å²) >= 11 is 1.62. The van der Waals surface area contributed by atoms with Gasteiger partial charge in [-0.05, 0) is 35.4 Å². The molecular formula is C22H20N4OS. The van der Waals surface area contributed by atoms with Crippen molar-refractivity contribution in [1.29, 1.82) is 5.26 Å². The quantitative estimate of drug-likeness (QED) is 0.745. The SMILES string of the molecule is N#CC1(c2ccc(-c3c(C(=O)N4CCNCC4)cnc4ccsc34)cc2)CC1. The van der Waals surface area contributed by atoms with Crippen LogP contribution in [-0.4, -0.2) is 42.0 Å². The second kappa shape index (κ2) is 6.69. The summed E-state index contributed by atoms with van der Waals surface area (Å²) < 4.78 is 1.04. The van der Waals surface area contributed by atoms with Crippen molar-refractivity contribution >= 4 is 27.5 Å². The molecule has 2 fully saturated rings. The number of amides is 1. The molecule has 1 saturated heterocycles. The Morgan fingerprint density at radius 1 is 1.18 bits per heavy atom. The molecule has 1 aliphatic heterocycles. The van der Waals surface area contributed by atoms with E-state index < -0.39 is 0 Å². The summed E-state index contributed by atoms with van der Waals surface area (Å²) in [6, 6.07) is 12.6. The van der Waals surface area contributed by atoms with E-state index in [4.69, 9.17) is 0 Å². The van der Waals surface area contributed by atoms with Crippen LogP contribution in [0.2, 0.25) is 0 Å². The monoisotopic (exact) mass is 388 g/mol. The summed E-state index contributed by atoms with van der Waals surface area (Å²) in [5.41, 5.74) is 4.31. The third kappa shape index (κ3) is 2.79. The van der Waals surface area contributed by atoms with Crippen LogP contribution in [0.1, 0.15) is 28.8 Å². The van der Waals surface area contributed by atoms with Crippen LogP contribution in [0.15, 0.2) is 41.9 Å². The van der Waals surface area contributed by atoms with Gasteiger partial charge in [0.05, 0.1) is 27.3 Å². The maximum absolute atomic E-state index is 13.3. The van der Waals surface area contributed by atoms with Gasteiger partial charge in [-0.15, -0.1) is 11.3 Å². The molecule has 0 atom stereocenters. The molecular weight excluding hydrogens is 368 g/mol. The molecule has 2 aliphatic rings. The standard InChI is InChI=1S/C22H20N4OS/c23-14-22(6-7-22)16-3-1-15(2-4-16)19-17(13-25-18-5-12-28-20(18)19)21(27)26-10-8-24-9-11-26/h1-5,12-13,24H,6-11H2. The van der Waals surface area contributed by atoms with Crippen molar-refractivity contribution in [2.75, 3.05) is 26.2 Å². The predicted molar refractivity (Wildman–Crippen MR) is 110 cm³/mol. The lowest BCUT2D eigenvalue weighted by atomic mass is 9.93. The molecule has 3 aromatic rings. The molecule has 140 valence electrons. The van der Waals surface area contributed by atoms with Crippen molar-refractivity contribution in [3.8, 4) is 17.2 Å². The zero-order chi connectivity index (χ0) is 19.1. The molecule has 0 unspecified atom stereocenters. The molecule has 2 aromatic heterocycles. The van der Waals surface area contributed by atoms with Crippen molar-refractivity contribution in [3.05, 3.63) is 53.0 Å². The Morgan fingerprint density at radius 2 is 1.93 bits per heavy atom. The molecule has 0 bridgehead atoms. The van der Waals surface area contributed by atoms with Gasteiger partial charge in [0.25, 0.3) is 5.91 Å². The highest BCUT2D eigenvalue weighted by atomic mass is 32.1. The average molecular weight is 388 g/mol. The van der Waals surface area contributed by atoms with Gasteiger partial charge >= 0.3 is 0 Å². The number of piperazine rings is 1. The van der Waals surface area contributed by atoms with Gasteiger partial charge in [-0.3, -0.25) is 9.78 Å². The molecule has 0 spiro atoms. The average Bonchev–Trinajstić information content (AvgIpc) is 3.42. The summed E-state index contributed by atoms with van der Waals surface area (Å²) in [5, 5.41) is 14.8. The zero-order valence-corrected chi connectivity index (χ0v) is 16.3. The highest BCUT2D eigenvalue weighted by Gasteiger charge is 2.44. The number of hydrogen-bond donors (Lipinski definition) is 1. The fourth-order valence-electron chi connectivity index (χ4n) is 3.95. The van der Waals surface area contributed by atoms with Crippen LogP contribution in [0.3, 0.4) is 0 Å². The van der Waals surface area contributed by atoms with E-state index in [0.717, 1.165) is 52.8 Å². The summed E-state index contributed by atoms with van der Waals surface area (Å²) in [6.45, 7) is 3.07. The minimum Gasteiger partial charge on any atom is -0.336 e. The van der Waals surface area contributed by atoms with Gasteiger partial charge in [0.2, 0.25) is 0 Å². The number of benzene rings is 1.